The van der Waals surface area contributed by atoms with Gasteiger partial charge in [0.1, 0.15) is 0 Å². The van der Waals surface area contributed by atoms with Crippen LogP contribution in [0.3, 0.4) is 0 Å². The predicted octanol–water partition coefficient (Wildman–Crippen LogP) is 0.220. The average molecular weight is 318 g/mol. The van der Waals surface area contributed by atoms with E-state index in [1.807, 2.05) is 33.0 Å². The zero-order valence-corrected chi connectivity index (χ0v) is 14.3. The van der Waals surface area contributed by atoms with Gasteiger partial charge in [-0.2, -0.15) is 0 Å². The molecule has 0 aromatic heterocycles. The van der Waals surface area contributed by atoms with Gasteiger partial charge in [-0.3, -0.25) is 9.59 Å². The van der Waals surface area contributed by atoms with E-state index in [4.69, 9.17) is 0 Å². The van der Waals surface area contributed by atoms with Crippen molar-refractivity contribution in [1.82, 2.24) is 10.6 Å². The van der Waals surface area contributed by atoms with E-state index >= 15 is 0 Å². The lowest BCUT2D eigenvalue weighted by Gasteiger charge is -2.26. The Bertz CT molecular complexity index is 557. The van der Waals surface area contributed by atoms with Crippen molar-refractivity contribution in [3.8, 4) is 0 Å². The van der Waals surface area contributed by atoms with Crippen molar-refractivity contribution in [1.29, 1.82) is 0 Å². The Hall–Kier alpha value is -1.88. The van der Waals surface area contributed by atoms with Gasteiger partial charge in [0.25, 0.3) is 11.8 Å². The Morgan fingerprint density at radius 3 is 2.65 bits per heavy atom. The maximum absolute atomic E-state index is 12.3. The molecule has 0 saturated heterocycles. The number of quaternary nitrogens is 1. The van der Waals surface area contributed by atoms with Gasteiger partial charge in [-0.05, 0) is 44.2 Å². The molecule has 1 aromatic carbocycles. The summed E-state index contributed by atoms with van der Waals surface area (Å²) in [5.74, 6) is -0.0186. The minimum atomic E-state index is -0.0201. The molecule has 1 aliphatic carbocycles. The number of likely N-dealkylation sites (N-methyl/N-ethyl adjacent to an activating group) is 1. The lowest BCUT2D eigenvalue weighted by Crippen LogP contribution is -3.11. The minimum Gasteiger partial charge on any atom is -0.349 e. The van der Waals surface area contributed by atoms with Crippen LogP contribution in [0.2, 0.25) is 0 Å². The average Bonchev–Trinajstić information content (AvgIpc) is 2.46. The fraction of sp³-hybridized carbons (Fsp3) is 0.556. The van der Waals surface area contributed by atoms with Crippen LogP contribution in [0.15, 0.2) is 24.3 Å². The quantitative estimate of drug-likeness (QED) is 0.703. The van der Waals surface area contributed by atoms with Gasteiger partial charge < -0.3 is 15.5 Å². The molecular formula is C18H28N3O2+. The zero-order valence-electron chi connectivity index (χ0n) is 14.3. The van der Waals surface area contributed by atoms with Crippen LogP contribution in [0.25, 0.3) is 0 Å². The molecular weight excluding hydrogens is 290 g/mol. The first kappa shape index (κ1) is 17.5. The first-order valence-electron chi connectivity index (χ1n) is 8.43. The van der Waals surface area contributed by atoms with Crippen LogP contribution in [0.4, 0.5) is 0 Å². The minimum absolute atomic E-state index is 0.00144. The van der Waals surface area contributed by atoms with Crippen LogP contribution in [0.5, 0.6) is 0 Å². The third-order valence-electron chi connectivity index (χ3n) is 4.08. The maximum Gasteiger partial charge on any atom is 0.275 e. The number of benzene rings is 1. The number of hydrogen-bond donors (Lipinski definition) is 3. The molecule has 0 aliphatic heterocycles. The molecule has 0 radical (unpaired) electrons. The van der Waals surface area contributed by atoms with Crippen molar-refractivity contribution in [3.63, 3.8) is 0 Å². The highest BCUT2D eigenvalue weighted by molar-refractivity contribution is 5.79. The molecule has 23 heavy (non-hydrogen) atoms. The number of hydrogen-bond acceptors (Lipinski definition) is 2. The Labute approximate surface area is 138 Å². The van der Waals surface area contributed by atoms with Crippen molar-refractivity contribution >= 4 is 11.8 Å². The highest BCUT2D eigenvalue weighted by Gasteiger charge is 2.23. The van der Waals surface area contributed by atoms with Gasteiger partial charge >= 0.3 is 0 Å². The predicted molar refractivity (Wildman–Crippen MR) is 90.2 cm³/mol. The summed E-state index contributed by atoms with van der Waals surface area (Å²) in [6, 6.07) is 8.55. The number of carbonyl (C=O) groups is 2. The van der Waals surface area contributed by atoms with Crippen LogP contribution >= 0.6 is 0 Å². The molecule has 5 heteroatoms. The van der Waals surface area contributed by atoms with Crippen molar-refractivity contribution < 1.29 is 14.5 Å². The van der Waals surface area contributed by atoms with Gasteiger partial charge in [-0.25, -0.2) is 0 Å². The lowest BCUT2D eigenvalue weighted by molar-refractivity contribution is -0.862. The van der Waals surface area contributed by atoms with Gasteiger partial charge in [0.05, 0.1) is 13.1 Å². The highest BCUT2D eigenvalue weighted by atomic mass is 16.2. The summed E-state index contributed by atoms with van der Waals surface area (Å²) < 4.78 is 0. The molecule has 0 fully saturated rings. The Morgan fingerprint density at radius 2 is 1.91 bits per heavy atom. The lowest BCUT2D eigenvalue weighted by atomic mass is 9.88. The second-order valence-corrected chi connectivity index (χ2v) is 6.74. The van der Waals surface area contributed by atoms with E-state index in [1.165, 1.54) is 11.1 Å². The first-order chi connectivity index (χ1) is 11.0. The Kier molecular flexibility index (Phi) is 6.16. The first-order valence-corrected chi connectivity index (χ1v) is 8.43. The molecule has 5 nitrogen and oxygen atoms in total. The zero-order chi connectivity index (χ0) is 16.8. The van der Waals surface area contributed by atoms with E-state index in [0.29, 0.717) is 13.1 Å². The molecule has 2 atom stereocenters. The molecule has 3 N–H and O–H groups in total. The molecule has 2 rings (SSSR count). The summed E-state index contributed by atoms with van der Waals surface area (Å²) in [6.45, 7) is 4.48. The van der Waals surface area contributed by atoms with Crippen LogP contribution < -0.4 is 15.5 Å². The SMILES string of the molecule is CC(C)NC(=O)C[NH+](C)CC(=O)N[C@@H]1CCCc2ccccc21. The normalized spacial score (nSPS) is 18.2. The molecule has 0 spiro atoms. The molecule has 0 bridgehead atoms. The fourth-order valence-corrected chi connectivity index (χ4v) is 3.13. The fourth-order valence-electron chi connectivity index (χ4n) is 3.13. The second kappa shape index (κ2) is 8.11. The molecule has 0 heterocycles. The van der Waals surface area contributed by atoms with E-state index in [9.17, 15) is 9.59 Å². The van der Waals surface area contributed by atoms with E-state index in [0.717, 1.165) is 24.2 Å². The van der Waals surface area contributed by atoms with Crippen molar-refractivity contribution in [2.24, 2.45) is 0 Å². The molecule has 126 valence electrons. The number of carbonyl (C=O) groups excluding carboxylic acids is 2. The van der Waals surface area contributed by atoms with Crippen LogP contribution in [0, 0.1) is 0 Å². The van der Waals surface area contributed by atoms with E-state index in [2.05, 4.69) is 22.8 Å². The Balaban J connectivity index is 1.85. The van der Waals surface area contributed by atoms with Crippen molar-refractivity contribution in [2.45, 2.75) is 45.2 Å². The largest absolute Gasteiger partial charge is 0.349 e. The maximum atomic E-state index is 12.3. The number of fused-ring (bicyclic) bond motifs is 1. The standard InChI is InChI=1S/C18H27N3O2/c1-13(2)19-17(22)11-21(3)12-18(23)20-16-10-6-8-14-7-4-5-9-15(14)16/h4-5,7,9,13,16H,6,8,10-12H2,1-3H3,(H,19,22)(H,20,23)/p+1/t16-/m1/s1. The van der Waals surface area contributed by atoms with Crippen molar-refractivity contribution in [2.75, 3.05) is 20.1 Å². The van der Waals surface area contributed by atoms with Crippen LogP contribution in [0.1, 0.15) is 43.9 Å². The van der Waals surface area contributed by atoms with E-state index < -0.39 is 0 Å². The molecule has 1 unspecified atom stereocenters. The summed E-state index contributed by atoms with van der Waals surface area (Å²) in [4.78, 5) is 24.9. The number of nitrogens with one attached hydrogen (secondary N) is 3. The number of amides is 2. The molecule has 1 aliphatic rings. The third-order valence-corrected chi connectivity index (χ3v) is 4.08. The van der Waals surface area contributed by atoms with E-state index in [-0.39, 0.29) is 23.9 Å². The van der Waals surface area contributed by atoms with E-state index in [1.54, 1.807) is 0 Å². The monoisotopic (exact) mass is 318 g/mol. The van der Waals surface area contributed by atoms with Crippen molar-refractivity contribution in [3.05, 3.63) is 35.4 Å². The number of rotatable bonds is 6. The smallest absolute Gasteiger partial charge is 0.275 e. The van der Waals surface area contributed by atoms with Crippen LogP contribution in [-0.4, -0.2) is 38.0 Å². The summed E-state index contributed by atoms with van der Waals surface area (Å²) >= 11 is 0. The van der Waals surface area contributed by atoms with Gasteiger partial charge in [-0.15, -0.1) is 0 Å². The van der Waals surface area contributed by atoms with Gasteiger partial charge in [0, 0.05) is 6.04 Å². The summed E-state index contributed by atoms with van der Waals surface area (Å²) in [5.41, 5.74) is 2.57. The summed E-state index contributed by atoms with van der Waals surface area (Å²) in [7, 11) is 1.87. The summed E-state index contributed by atoms with van der Waals surface area (Å²) in [5, 5.41) is 5.98. The van der Waals surface area contributed by atoms with Gasteiger partial charge in [0.2, 0.25) is 0 Å². The third kappa shape index (κ3) is 5.36. The van der Waals surface area contributed by atoms with Crippen LogP contribution in [-0.2, 0) is 16.0 Å². The topological polar surface area (TPSA) is 62.6 Å². The second-order valence-electron chi connectivity index (χ2n) is 6.74. The molecule has 1 aromatic rings. The van der Waals surface area contributed by atoms with Gasteiger partial charge in [-0.1, -0.05) is 24.3 Å². The molecule has 0 saturated carbocycles. The Morgan fingerprint density at radius 1 is 1.22 bits per heavy atom. The molecule has 2 amide bonds. The highest BCUT2D eigenvalue weighted by Crippen LogP contribution is 2.29. The number of aryl methyl sites for hydroxylation is 1. The summed E-state index contributed by atoms with van der Waals surface area (Å²) in [6.07, 6.45) is 3.17. The van der Waals surface area contributed by atoms with Gasteiger partial charge in [0.15, 0.2) is 13.1 Å².